The molecule has 3 atom stereocenters. The Morgan fingerprint density at radius 3 is 2.57 bits per heavy atom. The van der Waals surface area contributed by atoms with Crippen molar-refractivity contribution >= 4 is 23.2 Å². The molecular formula is C27H27N2O6-. The largest absolute Gasteiger partial charge is 0.868 e. The van der Waals surface area contributed by atoms with E-state index in [0.29, 0.717) is 35.4 Å². The van der Waals surface area contributed by atoms with E-state index in [1.165, 1.54) is 12.1 Å². The van der Waals surface area contributed by atoms with Crippen molar-refractivity contribution in [2.45, 2.75) is 51.4 Å². The third-order valence-electron chi connectivity index (χ3n) is 6.69. The van der Waals surface area contributed by atoms with Gasteiger partial charge in [0.1, 0.15) is 5.92 Å². The summed E-state index contributed by atoms with van der Waals surface area (Å²) in [7, 11) is 0. The minimum absolute atomic E-state index is 0.0499. The number of Topliss-reactive ketones (excluding diaryl/α,β-unsaturated/α-hetero) is 1. The molecule has 1 heterocycles. The van der Waals surface area contributed by atoms with Gasteiger partial charge >= 0.3 is 5.97 Å². The van der Waals surface area contributed by atoms with Crippen molar-refractivity contribution in [3.8, 4) is 5.75 Å². The standard InChI is InChI=1S/C27H28N2O6/c1-3-4-12-35-27(32)24-16(2)28-20-13-19(17-8-6-5-7-9-17)15-23(31)26(20)25(24)18-10-11-22(30)21(14-18)29(33)34/h5-11,14,19,24-25,30H,3-4,12-13,15H2,1-2H3/p-1/t19-,24?,25+/m1/s1. The van der Waals surface area contributed by atoms with Crippen molar-refractivity contribution in [1.29, 1.82) is 0 Å². The molecule has 0 saturated heterocycles. The van der Waals surface area contributed by atoms with Gasteiger partial charge in [0.2, 0.25) is 0 Å². The van der Waals surface area contributed by atoms with E-state index in [2.05, 4.69) is 0 Å². The number of nitro groups is 1. The summed E-state index contributed by atoms with van der Waals surface area (Å²) in [5.74, 6) is -3.16. The highest BCUT2D eigenvalue weighted by Gasteiger charge is 2.45. The number of ketones is 1. The van der Waals surface area contributed by atoms with Crippen LogP contribution < -0.4 is 5.11 Å². The number of ether oxygens (including phenoxy) is 1. The summed E-state index contributed by atoms with van der Waals surface area (Å²) < 4.78 is 5.50. The number of esters is 1. The average molecular weight is 476 g/mol. The maximum Gasteiger partial charge on any atom is 0.315 e. The van der Waals surface area contributed by atoms with Crippen molar-refractivity contribution < 1.29 is 24.4 Å². The van der Waals surface area contributed by atoms with Gasteiger partial charge in [-0.05, 0) is 42.6 Å². The number of rotatable bonds is 7. The SMILES string of the molecule is CCCCOC(=O)C1C(C)=NC2=C(C(=O)C[C@H](c3ccccc3)C2)[C@H]1c1ccc([O-])c([N+](=O)[O-])c1. The van der Waals surface area contributed by atoms with Gasteiger partial charge in [0.05, 0.1) is 11.5 Å². The number of unbranched alkanes of at least 4 members (excludes halogenated alkanes) is 1. The molecule has 4 rings (SSSR count). The topological polar surface area (TPSA) is 122 Å². The normalized spacial score (nSPS) is 21.8. The number of hydrogen-bond acceptors (Lipinski definition) is 7. The molecule has 0 amide bonds. The minimum Gasteiger partial charge on any atom is -0.868 e. The molecule has 2 aromatic carbocycles. The van der Waals surface area contributed by atoms with Crippen LogP contribution in [0.2, 0.25) is 0 Å². The molecule has 35 heavy (non-hydrogen) atoms. The lowest BCUT2D eigenvalue weighted by molar-refractivity contribution is -0.398. The average Bonchev–Trinajstić information content (AvgIpc) is 2.83. The molecule has 1 aliphatic heterocycles. The summed E-state index contributed by atoms with van der Waals surface area (Å²) in [4.78, 5) is 42.1. The fraction of sp³-hybridized carbons (Fsp3) is 0.370. The Morgan fingerprint density at radius 1 is 1.14 bits per heavy atom. The fourth-order valence-electron chi connectivity index (χ4n) is 4.96. The smallest absolute Gasteiger partial charge is 0.315 e. The molecule has 0 saturated carbocycles. The number of nitro benzene ring substituents is 1. The van der Waals surface area contributed by atoms with Crippen LogP contribution in [0, 0.1) is 16.0 Å². The molecule has 8 heteroatoms. The molecule has 0 bridgehead atoms. The highest BCUT2D eigenvalue weighted by Crippen LogP contribution is 2.47. The predicted molar refractivity (Wildman–Crippen MR) is 128 cm³/mol. The molecule has 182 valence electrons. The van der Waals surface area contributed by atoms with Crippen LogP contribution in [-0.4, -0.2) is 29.0 Å². The van der Waals surface area contributed by atoms with Crippen LogP contribution in [0.1, 0.15) is 62.5 Å². The number of nitrogens with zero attached hydrogens (tertiary/aromatic N) is 2. The molecule has 0 aromatic heterocycles. The molecule has 0 N–H and O–H groups in total. The number of carbonyl (C=O) groups excluding carboxylic acids is 2. The first-order valence-electron chi connectivity index (χ1n) is 11.8. The summed E-state index contributed by atoms with van der Waals surface area (Å²) in [6.45, 7) is 3.94. The van der Waals surface area contributed by atoms with Crippen molar-refractivity contribution in [3.05, 3.63) is 81.0 Å². The highest BCUT2D eigenvalue weighted by molar-refractivity contribution is 6.09. The summed E-state index contributed by atoms with van der Waals surface area (Å²) in [5.41, 5.74) is 2.27. The summed E-state index contributed by atoms with van der Waals surface area (Å²) in [6.07, 6.45) is 2.30. The van der Waals surface area contributed by atoms with Crippen molar-refractivity contribution in [3.63, 3.8) is 0 Å². The summed E-state index contributed by atoms with van der Waals surface area (Å²) in [6, 6.07) is 13.5. The third kappa shape index (κ3) is 4.87. The molecule has 1 unspecified atom stereocenters. The molecule has 0 radical (unpaired) electrons. The Hall–Kier alpha value is -3.81. The number of allylic oxidation sites excluding steroid dienone is 2. The van der Waals surface area contributed by atoms with Crippen LogP contribution >= 0.6 is 0 Å². The first-order valence-corrected chi connectivity index (χ1v) is 11.8. The van der Waals surface area contributed by atoms with Gasteiger partial charge in [-0.15, -0.1) is 0 Å². The van der Waals surface area contributed by atoms with Gasteiger partial charge in [0.15, 0.2) is 5.78 Å². The number of hydrogen-bond donors (Lipinski definition) is 0. The van der Waals surface area contributed by atoms with E-state index in [4.69, 9.17) is 9.73 Å². The maximum absolute atomic E-state index is 13.5. The molecule has 0 fully saturated rings. The van der Waals surface area contributed by atoms with Gasteiger partial charge in [-0.1, -0.05) is 55.8 Å². The minimum atomic E-state index is -0.903. The Balaban J connectivity index is 1.80. The molecule has 8 nitrogen and oxygen atoms in total. The molecule has 0 spiro atoms. The predicted octanol–water partition coefficient (Wildman–Crippen LogP) is 4.59. The number of aliphatic imine (C=N–C) groups is 1. The van der Waals surface area contributed by atoms with Gasteiger partial charge in [-0.25, -0.2) is 0 Å². The summed E-state index contributed by atoms with van der Waals surface area (Å²) in [5, 5.41) is 23.5. The van der Waals surface area contributed by atoms with E-state index in [0.717, 1.165) is 18.1 Å². The number of carbonyl (C=O) groups is 2. The van der Waals surface area contributed by atoms with Crippen LogP contribution in [0.25, 0.3) is 0 Å². The second kappa shape index (κ2) is 10.2. The number of benzene rings is 2. The summed E-state index contributed by atoms with van der Waals surface area (Å²) >= 11 is 0. The first-order chi connectivity index (χ1) is 16.8. The van der Waals surface area contributed by atoms with E-state index >= 15 is 0 Å². The van der Waals surface area contributed by atoms with E-state index in [1.54, 1.807) is 6.92 Å². The van der Waals surface area contributed by atoms with Crippen LogP contribution in [0.15, 0.2) is 64.8 Å². The fourth-order valence-corrected chi connectivity index (χ4v) is 4.96. The monoisotopic (exact) mass is 475 g/mol. The lowest BCUT2D eigenvalue weighted by Gasteiger charge is -2.36. The van der Waals surface area contributed by atoms with Crippen molar-refractivity contribution in [2.75, 3.05) is 6.61 Å². The zero-order chi connectivity index (χ0) is 25.1. The quantitative estimate of drug-likeness (QED) is 0.250. The zero-order valence-electron chi connectivity index (χ0n) is 19.7. The van der Waals surface area contributed by atoms with Crippen LogP contribution in [0.4, 0.5) is 5.69 Å². The van der Waals surface area contributed by atoms with Crippen molar-refractivity contribution in [1.82, 2.24) is 0 Å². The molecule has 1 aliphatic carbocycles. The van der Waals surface area contributed by atoms with Gasteiger partial charge in [-0.3, -0.25) is 24.7 Å². The Bertz CT molecular complexity index is 1220. The first kappa shape index (κ1) is 24.3. The lowest BCUT2D eigenvalue weighted by Crippen LogP contribution is -2.38. The maximum atomic E-state index is 13.5. The second-order valence-electron chi connectivity index (χ2n) is 9.01. The van der Waals surface area contributed by atoms with E-state index < -0.39 is 34.2 Å². The molecular weight excluding hydrogens is 448 g/mol. The van der Waals surface area contributed by atoms with E-state index in [-0.39, 0.29) is 24.7 Å². The highest BCUT2D eigenvalue weighted by atomic mass is 16.6. The van der Waals surface area contributed by atoms with Crippen LogP contribution in [0.5, 0.6) is 5.75 Å². The van der Waals surface area contributed by atoms with E-state index in [1.807, 2.05) is 37.3 Å². The second-order valence-corrected chi connectivity index (χ2v) is 9.01. The van der Waals surface area contributed by atoms with Gasteiger partial charge in [-0.2, -0.15) is 0 Å². The Labute approximate surface area is 203 Å². The van der Waals surface area contributed by atoms with Crippen molar-refractivity contribution in [2.24, 2.45) is 10.9 Å². The van der Waals surface area contributed by atoms with Gasteiger partial charge in [0.25, 0.3) is 5.69 Å². The van der Waals surface area contributed by atoms with Crippen LogP contribution in [0.3, 0.4) is 0 Å². The Kier molecular flexibility index (Phi) is 7.10. The third-order valence-corrected chi connectivity index (χ3v) is 6.69. The molecule has 2 aliphatic rings. The Morgan fingerprint density at radius 2 is 1.89 bits per heavy atom. The van der Waals surface area contributed by atoms with Gasteiger partial charge in [0, 0.05) is 35.4 Å². The lowest BCUT2D eigenvalue weighted by atomic mass is 9.69. The van der Waals surface area contributed by atoms with Crippen LogP contribution in [-0.2, 0) is 14.3 Å². The van der Waals surface area contributed by atoms with E-state index in [9.17, 15) is 24.8 Å². The zero-order valence-corrected chi connectivity index (χ0v) is 19.7. The van der Waals surface area contributed by atoms with Gasteiger partial charge < -0.3 is 9.84 Å². The molecule has 2 aromatic rings.